The van der Waals surface area contributed by atoms with E-state index < -0.39 is 14.9 Å². The van der Waals surface area contributed by atoms with E-state index in [1.54, 1.807) is 0 Å². The molecule has 1 aromatic rings. The van der Waals surface area contributed by atoms with Crippen LogP contribution in [0.3, 0.4) is 0 Å². The molecule has 22 heavy (non-hydrogen) atoms. The Balaban J connectivity index is 2.44. The molecule has 0 radical (unpaired) electrons. The zero-order chi connectivity index (χ0) is 16.2. The quantitative estimate of drug-likeness (QED) is 0.556. The maximum absolute atomic E-state index is 12.7. The van der Waals surface area contributed by atoms with E-state index >= 15 is 0 Å². The number of hydrogen-bond donors (Lipinski definition) is 2. The molecule has 10 heteroatoms. The number of morpholine rings is 1. The van der Waals surface area contributed by atoms with Gasteiger partial charge in [0.1, 0.15) is 4.90 Å². The molecule has 0 atom stereocenters. The normalized spacial score (nSPS) is 16.4. The lowest BCUT2D eigenvalue weighted by molar-refractivity contribution is -0.385. The van der Waals surface area contributed by atoms with Gasteiger partial charge in [-0.05, 0) is 6.07 Å². The Morgan fingerprint density at radius 3 is 2.64 bits per heavy atom. The highest BCUT2D eigenvalue weighted by molar-refractivity contribution is 7.89. The summed E-state index contributed by atoms with van der Waals surface area (Å²) in [6.45, 7) is 0.924. The molecule has 0 unspecified atom stereocenters. The van der Waals surface area contributed by atoms with Crippen LogP contribution in [0.15, 0.2) is 23.1 Å². The van der Waals surface area contributed by atoms with Gasteiger partial charge >= 0.3 is 0 Å². The van der Waals surface area contributed by atoms with E-state index in [4.69, 9.17) is 9.84 Å². The van der Waals surface area contributed by atoms with Crippen molar-refractivity contribution in [1.82, 2.24) is 4.31 Å². The van der Waals surface area contributed by atoms with Crippen LogP contribution in [0.25, 0.3) is 0 Å². The predicted octanol–water partition coefficient (Wildman–Crippen LogP) is 0.0199. The van der Waals surface area contributed by atoms with Crippen molar-refractivity contribution in [2.24, 2.45) is 0 Å². The van der Waals surface area contributed by atoms with Gasteiger partial charge in [-0.15, -0.1) is 0 Å². The van der Waals surface area contributed by atoms with Crippen LogP contribution in [0.4, 0.5) is 11.4 Å². The van der Waals surface area contributed by atoms with Crippen LogP contribution in [0.5, 0.6) is 0 Å². The second-order valence-corrected chi connectivity index (χ2v) is 6.51. The van der Waals surface area contributed by atoms with E-state index in [-0.39, 0.29) is 55.7 Å². The summed E-state index contributed by atoms with van der Waals surface area (Å²) in [5.41, 5.74) is -0.0764. The van der Waals surface area contributed by atoms with Gasteiger partial charge in [0, 0.05) is 31.8 Å². The first-order chi connectivity index (χ1) is 10.5. The van der Waals surface area contributed by atoms with Crippen molar-refractivity contribution in [3.05, 3.63) is 28.3 Å². The fraction of sp³-hybridized carbons (Fsp3) is 0.500. The summed E-state index contributed by atoms with van der Waals surface area (Å²) in [7, 11) is -3.87. The highest BCUT2D eigenvalue weighted by Crippen LogP contribution is 2.29. The van der Waals surface area contributed by atoms with Crippen molar-refractivity contribution in [2.45, 2.75) is 4.90 Å². The molecular weight excluding hydrogens is 314 g/mol. The Morgan fingerprint density at radius 1 is 1.36 bits per heavy atom. The summed E-state index contributed by atoms with van der Waals surface area (Å²) in [6, 6.07) is 3.59. The zero-order valence-electron chi connectivity index (χ0n) is 11.8. The SMILES string of the molecule is O=[N+]([O-])c1ccc(NCCO)c(S(=O)(=O)N2CCOCC2)c1. The summed E-state index contributed by atoms with van der Waals surface area (Å²) in [6.07, 6.45) is 0. The Labute approximate surface area is 127 Å². The van der Waals surface area contributed by atoms with Gasteiger partial charge in [0.05, 0.1) is 30.4 Å². The van der Waals surface area contributed by atoms with Gasteiger partial charge in [-0.1, -0.05) is 0 Å². The number of nitrogens with one attached hydrogen (secondary N) is 1. The lowest BCUT2D eigenvalue weighted by Gasteiger charge is -2.27. The van der Waals surface area contributed by atoms with Crippen LogP contribution in [-0.4, -0.2) is 62.2 Å². The number of aliphatic hydroxyl groups is 1. The molecule has 1 heterocycles. The average Bonchev–Trinajstić information content (AvgIpc) is 2.53. The molecule has 2 rings (SSSR count). The van der Waals surface area contributed by atoms with Gasteiger partial charge in [-0.3, -0.25) is 10.1 Å². The molecule has 1 saturated heterocycles. The Hall–Kier alpha value is -1.75. The van der Waals surface area contributed by atoms with E-state index in [1.807, 2.05) is 0 Å². The molecule has 9 nitrogen and oxygen atoms in total. The number of nitro benzene ring substituents is 1. The minimum atomic E-state index is -3.87. The van der Waals surface area contributed by atoms with Gasteiger partial charge in [-0.2, -0.15) is 4.31 Å². The first-order valence-electron chi connectivity index (χ1n) is 6.68. The van der Waals surface area contributed by atoms with Crippen LogP contribution in [0, 0.1) is 10.1 Å². The van der Waals surface area contributed by atoms with E-state index in [0.29, 0.717) is 0 Å². The average molecular weight is 331 g/mol. The van der Waals surface area contributed by atoms with Crippen molar-refractivity contribution in [1.29, 1.82) is 0 Å². The topological polar surface area (TPSA) is 122 Å². The highest BCUT2D eigenvalue weighted by atomic mass is 32.2. The lowest BCUT2D eigenvalue weighted by Crippen LogP contribution is -2.40. The van der Waals surface area contributed by atoms with Gasteiger partial charge in [-0.25, -0.2) is 8.42 Å². The second kappa shape index (κ2) is 7.01. The smallest absolute Gasteiger partial charge is 0.270 e. The Bertz CT molecular complexity index is 642. The van der Waals surface area contributed by atoms with Gasteiger partial charge in [0.25, 0.3) is 5.69 Å². The molecule has 1 aliphatic rings. The van der Waals surface area contributed by atoms with Crippen molar-refractivity contribution in [3.8, 4) is 0 Å². The molecular formula is C12H17N3O6S. The third-order valence-electron chi connectivity index (χ3n) is 3.19. The van der Waals surface area contributed by atoms with Crippen molar-refractivity contribution >= 4 is 21.4 Å². The zero-order valence-corrected chi connectivity index (χ0v) is 12.6. The van der Waals surface area contributed by atoms with Crippen molar-refractivity contribution in [2.75, 3.05) is 44.8 Å². The summed E-state index contributed by atoms with van der Waals surface area (Å²) < 4.78 is 31.7. The minimum Gasteiger partial charge on any atom is -0.395 e. The first-order valence-corrected chi connectivity index (χ1v) is 8.12. The summed E-state index contributed by atoms with van der Waals surface area (Å²) in [5, 5.41) is 22.5. The molecule has 0 saturated carbocycles. The molecule has 122 valence electrons. The third kappa shape index (κ3) is 3.53. The number of non-ortho nitro benzene ring substituents is 1. The van der Waals surface area contributed by atoms with Gasteiger partial charge in [0.15, 0.2) is 0 Å². The van der Waals surface area contributed by atoms with Crippen LogP contribution < -0.4 is 5.32 Å². The number of aliphatic hydroxyl groups excluding tert-OH is 1. The fourth-order valence-electron chi connectivity index (χ4n) is 2.10. The molecule has 0 aromatic heterocycles. The molecule has 1 fully saturated rings. The molecule has 2 N–H and O–H groups in total. The van der Waals surface area contributed by atoms with Crippen LogP contribution >= 0.6 is 0 Å². The van der Waals surface area contributed by atoms with Crippen LogP contribution in [0.2, 0.25) is 0 Å². The summed E-state index contributed by atoms with van der Waals surface area (Å²) in [5.74, 6) is 0. The first kappa shape index (κ1) is 16.6. The van der Waals surface area contributed by atoms with Crippen LogP contribution in [-0.2, 0) is 14.8 Å². The van der Waals surface area contributed by atoms with Crippen LogP contribution in [0.1, 0.15) is 0 Å². The number of nitro groups is 1. The number of sulfonamides is 1. The van der Waals surface area contributed by atoms with E-state index in [9.17, 15) is 18.5 Å². The summed E-state index contributed by atoms with van der Waals surface area (Å²) >= 11 is 0. The minimum absolute atomic E-state index is 0.142. The lowest BCUT2D eigenvalue weighted by atomic mass is 10.3. The van der Waals surface area contributed by atoms with E-state index in [0.717, 1.165) is 6.07 Å². The molecule has 0 bridgehead atoms. The van der Waals surface area contributed by atoms with Gasteiger partial charge < -0.3 is 15.2 Å². The van der Waals surface area contributed by atoms with E-state index in [1.165, 1.54) is 16.4 Å². The Morgan fingerprint density at radius 2 is 2.05 bits per heavy atom. The third-order valence-corrected chi connectivity index (χ3v) is 5.13. The largest absolute Gasteiger partial charge is 0.395 e. The summed E-state index contributed by atoms with van der Waals surface area (Å²) in [4.78, 5) is 10.1. The molecule has 1 aromatic carbocycles. The maximum Gasteiger partial charge on any atom is 0.270 e. The predicted molar refractivity (Wildman–Crippen MR) is 78.2 cm³/mol. The number of rotatable bonds is 6. The molecule has 0 aliphatic carbocycles. The number of hydrogen-bond acceptors (Lipinski definition) is 7. The van der Waals surface area contributed by atoms with Crippen molar-refractivity contribution in [3.63, 3.8) is 0 Å². The van der Waals surface area contributed by atoms with E-state index in [2.05, 4.69) is 5.32 Å². The number of nitrogens with zero attached hydrogens (tertiary/aromatic N) is 2. The van der Waals surface area contributed by atoms with Gasteiger partial charge in [0.2, 0.25) is 10.0 Å². The fourth-order valence-corrected chi connectivity index (χ4v) is 3.70. The standard InChI is InChI=1S/C12H17N3O6S/c16-6-3-13-11-2-1-10(15(17)18)9-12(11)22(19,20)14-4-7-21-8-5-14/h1-2,9,13,16H,3-8H2. The van der Waals surface area contributed by atoms with Crippen molar-refractivity contribution < 1.29 is 23.2 Å². The second-order valence-electron chi connectivity index (χ2n) is 4.60. The maximum atomic E-state index is 12.7. The number of anilines is 1. The number of benzene rings is 1. The molecule has 1 aliphatic heterocycles. The monoisotopic (exact) mass is 331 g/mol. The Kier molecular flexibility index (Phi) is 5.29. The number of ether oxygens (including phenoxy) is 1. The highest BCUT2D eigenvalue weighted by Gasteiger charge is 2.30. The molecule has 0 spiro atoms. The molecule has 0 amide bonds.